The molecular weight excluding hydrogens is 383 g/mol. The number of sulfonamides is 1. The Balaban J connectivity index is 2.18. The maximum Gasteiger partial charge on any atom is 0.275 e. The summed E-state index contributed by atoms with van der Waals surface area (Å²) in [4.78, 5) is 14.5. The zero-order valence-electron chi connectivity index (χ0n) is 16.8. The standard InChI is InChI=1S/C20H25FN2O4S/c1-11-12(2)14(4)19(15(5)13(11)3)28(25,26)23-22-20(24)16(6)27-18-10-8-7-9-17(18)21/h7-10,16,23H,1-6H3,(H,22,24)/t16-/m1/s1. The highest BCUT2D eigenvalue weighted by atomic mass is 32.2. The van der Waals surface area contributed by atoms with Crippen molar-refractivity contribution in [1.82, 2.24) is 10.3 Å². The van der Waals surface area contributed by atoms with Gasteiger partial charge in [0.05, 0.1) is 4.90 Å². The molecule has 2 aromatic rings. The molecule has 0 aliphatic heterocycles. The van der Waals surface area contributed by atoms with E-state index in [1.807, 2.05) is 20.8 Å². The van der Waals surface area contributed by atoms with Crippen LogP contribution in [0.2, 0.25) is 0 Å². The molecule has 152 valence electrons. The third-order valence-corrected chi connectivity index (χ3v) is 6.54. The Morgan fingerprint density at radius 1 is 0.964 bits per heavy atom. The van der Waals surface area contributed by atoms with Gasteiger partial charge < -0.3 is 4.74 Å². The van der Waals surface area contributed by atoms with Gasteiger partial charge in [0.15, 0.2) is 17.7 Å². The van der Waals surface area contributed by atoms with Crippen molar-refractivity contribution in [2.24, 2.45) is 0 Å². The number of carbonyl (C=O) groups excluding carboxylic acids is 1. The van der Waals surface area contributed by atoms with Gasteiger partial charge in [0.2, 0.25) is 0 Å². The molecule has 0 aliphatic rings. The van der Waals surface area contributed by atoms with Gasteiger partial charge in [0.25, 0.3) is 15.9 Å². The molecule has 8 heteroatoms. The van der Waals surface area contributed by atoms with E-state index in [9.17, 15) is 17.6 Å². The smallest absolute Gasteiger partial charge is 0.275 e. The summed E-state index contributed by atoms with van der Waals surface area (Å²) < 4.78 is 44.5. The maximum atomic E-state index is 13.6. The zero-order valence-corrected chi connectivity index (χ0v) is 17.6. The van der Waals surface area contributed by atoms with Crippen molar-refractivity contribution in [2.45, 2.75) is 52.5 Å². The second kappa shape index (κ2) is 8.28. The molecule has 6 nitrogen and oxygen atoms in total. The van der Waals surface area contributed by atoms with Gasteiger partial charge in [-0.05, 0) is 81.5 Å². The quantitative estimate of drug-likeness (QED) is 0.719. The molecule has 2 aromatic carbocycles. The third kappa shape index (κ3) is 4.34. The minimum absolute atomic E-state index is 0.0931. The number of ether oxygens (including phenoxy) is 1. The fourth-order valence-corrected chi connectivity index (χ4v) is 4.37. The van der Waals surface area contributed by atoms with E-state index < -0.39 is 27.9 Å². The molecule has 28 heavy (non-hydrogen) atoms. The number of benzene rings is 2. The van der Waals surface area contributed by atoms with E-state index in [0.717, 1.165) is 16.7 Å². The molecular formula is C20H25FN2O4S. The van der Waals surface area contributed by atoms with Crippen LogP contribution in [0.15, 0.2) is 29.2 Å². The Bertz CT molecular complexity index is 990. The summed E-state index contributed by atoms with van der Waals surface area (Å²) in [6, 6.07) is 5.65. The molecule has 1 atom stereocenters. The summed E-state index contributed by atoms with van der Waals surface area (Å²) in [6.07, 6.45) is -1.11. The van der Waals surface area contributed by atoms with Crippen LogP contribution >= 0.6 is 0 Å². The lowest BCUT2D eigenvalue weighted by molar-refractivity contribution is -0.127. The van der Waals surface area contributed by atoms with Gasteiger partial charge in [-0.15, -0.1) is 4.83 Å². The highest BCUT2D eigenvalue weighted by molar-refractivity contribution is 7.89. The lowest BCUT2D eigenvalue weighted by Gasteiger charge is -2.20. The van der Waals surface area contributed by atoms with Crippen LogP contribution in [0.4, 0.5) is 4.39 Å². The van der Waals surface area contributed by atoms with Gasteiger partial charge >= 0.3 is 0 Å². The number of para-hydroxylation sites is 1. The Kier molecular flexibility index (Phi) is 6.46. The van der Waals surface area contributed by atoms with Crippen LogP contribution in [0.1, 0.15) is 34.7 Å². The fraction of sp³-hybridized carbons (Fsp3) is 0.350. The van der Waals surface area contributed by atoms with Gasteiger partial charge in [-0.25, -0.2) is 12.8 Å². The number of hydrazine groups is 1. The van der Waals surface area contributed by atoms with E-state index in [-0.39, 0.29) is 10.6 Å². The zero-order chi connectivity index (χ0) is 21.2. The maximum absolute atomic E-state index is 13.6. The number of halogens is 1. The van der Waals surface area contributed by atoms with Crippen LogP contribution in [0, 0.1) is 40.4 Å². The van der Waals surface area contributed by atoms with E-state index in [1.54, 1.807) is 19.9 Å². The molecule has 0 radical (unpaired) electrons. The molecule has 2 rings (SSSR count). The molecule has 0 aliphatic carbocycles. The first-order valence-corrected chi connectivity index (χ1v) is 10.3. The van der Waals surface area contributed by atoms with Crippen LogP contribution < -0.4 is 15.0 Å². The molecule has 0 spiro atoms. The van der Waals surface area contributed by atoms with Crippen molar-refractivity contribution < 1.29 is 22.3 Å². The third-order valence-electron chi connectivity index (χ3n) is 5.02. The molecule has 0 saturated heterocycles. The highest BCUT2D eigenvalue weighted by Gasteiger charge is 2.25. The largest absolute Gasteiger partial charge is 0.478 e. The number of rotatable bonds is 6. The predicted octanol–water partition coefficient (Wildman–Crippen LogP) is 3.14. The normalized spacial score (nSPS) is 12.5. The van der Waals surface area contributed by atoms with E-state index >= 15 is 0 Å². The van der Waals surface area contributed by atoms with Gasteiger partial charge in [-0.3, -0.25) is 10.2 Å². The van der Waals surface area contributed by atoms with E-state index in [4.69, 9.17) is 4.74 Å². The second-order valence-corrected chi connectivity index (χ2v) is 8.36. The fourth-order valence-electron chi connectivity index (χ4n) is 2.92. The monoisotopic (exact) mass is 408 g/mol. The van der Waals surface area contributed by atoms with E-state index in [0.29, 0.717) is 11.1 Å². The number of hydrogen-bond donors (Lipinski definition) is 2. The van der Waals surface area contributed by atoms with Crippen molar-refractivity contribution in [2.75, 3.05) is 0 Å². The lowest BCUT2D eigenvalue weighted by Crippen LogP contribution is -2.47. The Hall–Kier alpha value is -2.45. The minimum Gasteiger partial charge on any atom is -0.478 e. The first-order chi connectivity index (χ1) is 13.0. The SMILES string of the molecule is Cc1c(C)c(C)c(S(=O)(=O)NNC(=O)[C@@H](C)Oc2ccccc2F)c(C)c1C. The first kappa shape index (κ1) is 21.8. The molecule has 1 amide bonds. The van der Waals surface area contributed by atoms with Crippen molar-refractivity contribution in [3.63, 3.8) is 0 Å². The Morgan fingerprint density at radius 3 is 2.00 bits per heavy atom. The van der Waals surface area contributed by atoms with Gasteiger partial charge in [-0.1, -0.05) is 12.1 Å². The summed E-state index contributed by atoms with van der Waals surface area (Å²) in [7, 11) is -4.00. The summed E-state index contributed by atoms with van der Waals surface area (Å²) in [5.41, 5.74) is 6.18. The second-order valence-electron chi connectivity index (χ2n) is 6.74. The predicted molar refractivity (Wildman–Crippen MR) is 105 cm³/mol. The molecule has 2 N–H and O–H groups in total. The van der Waals surface area contributed by atoms with Crippen LogP contribution in [-0.4, -0.2) is 20.4 Å². The van der Waals surface area contributed by atoms with E-state index in [2.05, 4.69) is 10.3 Å². The highest BCUT2D eigenvalue weighted by Crippen LogP contribution is 2.29. The number of hydrogen-bond acceptors (Lipinski definition) is 4. The van der Waals surface area contributed by atoms with Crippen LogP contribution in [-0.2, 0) is 14.8 Å². The van der Waals surface area contributed by atoms with E-state index in [1.165, 1.54) is 25.1 Å². The molecule has 0 saturated carbocycles. The van der Waals surface area contributed by atoms with Crippen molar-refractivity contribution in [3.05, 3.63) is 57.9 Å². The van der Waals surface area contributed by atoms with Gasteiger partial charge in [-0.2, -0.15) is 0 Å². The topological polar surface area (TPSA) is 84.5 Å². The summed E-state index contributed by atoms with van der Waals surface area (Å²) in [5.74, 6) is -1.45. The number of carbonyl (C=O) groups is 1. The van der Waals surface area contributed by atoms with Gasteiger partial charge in [0, 0.05) is 0 Å². The Morgan fingerprint density at radius 2 is 1.46 bits per heavy atom. The first-order valence-electron chi connectivity index (χ1n) is 8.77. The summed E-state index contributed by atoms with van der Waals surface area (Å²) >= 11 is 0. The lowest BCUT2D eigenvalue weighted by atomic mass is 9.95. The van der Waals surface area contributed by atoms with Gasteiger partial charge in [0.1, 0.15) is 0 Å². The minimum atomic E-state index is -4.00. The average molecular weight is 408 g/mol. The van der Waals surface area contributed by atoms with Crippen molar-refractivity contribution >= 4 is 15.9 Å². The van der Waals surface area contributed by atoms with Crippen LogP contribution in [0.5, 0.6) is 5.75 Å². The number of amides is 1. The number of nitrogens with one attached hydrogen (secondary N) is 2. The van der Waals surface area contributed by atoms with Crippen LogP contribution in [0.25, 0.3) is 0 Å². The van der Waals surface area contributed by atoms with Crippen molar-refractivity contribution in [3.8, 4) is 5.75 Å². The summed E-state index contributed by atoms with van der Waals surface area (Å²) in [5, 5.41) is 0. The molecule has 0 bridgehead atoms. The summed E-state index contributed by atoms with van der Waals surface area (Å²) in [6.45, 7) is 10.5. The molecule has 0 aromatic heterocycles. The molecule has 0 fully saturated rings. The molecule has 0 unspecified atom stereocenters. The average Bonchev–Trinajstić information content (AvgIpc) is 2.64. The van der Waals surface area contributed by atoms with Crippen molar-refractivity contribution in [1.29, 1.82) is 0 Å². The van der Waals surface area contributed by atoms with Crippen LogP contribution in [0.3, 0.4) is 0 Å². The molecule has 0 heterocycles. The Labute approximate surface area is 165 Å².